The summed E-state index contributed by atoms with van der Waals surface area (Å²) in [6.45, 7) is 2.21. The van der Waals surface area contributed by atoms with E-state index in [4.69, 9.17) is 0 Å². The van der Waals surface area contributed by atoms with E-state index in [1.165, 1.54) is 51.4 Å². The molecule has 131 valence electrons. The topological polar surface area (TPSA) is 60.4 Å². The average molecular weight is 355 g/mol. The number of aliphatic hydroxyl groups is 1. The minimum Gasteiger partial charge on any atom is -0.550 e. The van der Waals surface area contributed by atoms with E-state index < -0.39 is 5.97 Å². The molecule has 0 aromatic heterocycles. The first-order valence-electron chi connectivity index (χ1n) is 9.04. The minimum absolute atomic E-state index is 0. The number of carbonyl (C=O) groups is 1. The molecule has 1 unspecified atom stereocenters. The molecule has 1 atom stereocenters. The van der Waals surface area contributed by atoms with Gasteiger partial charge in [0.2, 0.25) is 0 Å². The van der Waals surface area contributed by atoms with Gasteiger partial charge in [-0.1, -0.05) is 77.6 Å². The molecule has 0 amide bonds. The van der Waals surface area contributed by atoms with Gasteiger partial charge in [-0.15, -0.1) is 0 Å². The summed E-state index contributed by atoms with van der Waals surface area (Å²) in [7, 11) is 0. The Balaban J connectivity index is 0. The molecular formula is C18H35FeO3+2. The van der Waals surface area contributed by atoms with Crippen molar-refractivity contribution < 1.29 is 32.1 Å². The van der Waals surface area contributed by atoms with Gasteiger partial charge in [-0.3, -0.25) is 0 Å². The van der Waals surface area contributed by atoms with Gasteiger partial charge in [0.05, 0.1) is 6.10 Å². The Hall–Kier alpha value is -0.0505. The fourth-order valence-electron chi connectivity index (χ4n) is 2.66. The molecule has 4 heteroatoms. The van der Waals surface area contributed by atoms with Crippen LogP contribution < -0.4 is 5.11 Å². The molecular weight excluding hydrogens is 320 g/mol. The van der Waals surface area contributed by atoms with E-state index in [9.17, 15) is 15.0 Å². The zero-order valence-electron chi connectivity index (χ0n) is 14.3. The Morgan fingerprint density at radius 2 is 1.23 bits per heavy atom. The Labute approximate surface area is 147 Å². The van der Waals surface area contributed by atoms with Crippen molar-refractivity contribution >= 4 is 5.97 Å². The summed E-state index contributed by atoms with van der Waals surface area (Å²) in [4.78, 5) is 10.2. The van der Waals surface area contributed by atoms with Crippen LogP contribution >= 0.6 is 0 Å². The number of hydrogen-bond acceptors (Lipinski definition) is 3. The van der Waals surface area contributed by atoms with Crippen LogP contribution in [0.2, 0.25) is 0 Å². The van der Waals surface area contributed by atoms with Crippen molar-refractivity contribution in [1.82, 2.24) is 0 Å². The van der Waals surface area contributed by atoms with Crippen molar-refractivity contribution in [2.45, 2.75) is 109 Å². The first-order valence-corrected chi connectivity index (χ1v) is 9.04. The van der Waals surface area contributed by atoms with Gasteiger partial charge in [-0.2, -0.15) is 0 Å². The van der Waals surface area contributed by atoms with Crippen LogP contribution in [0.4, 0.5) is 0 Å². The maximum absolute atomic E-state index is 10.2. The molecule has 0 rings (SSSR count). The maximum Gasteiger partial charge on any atom is 3.00 e. The number of carboxylic acid groups (broad SMARTS) is 1. The predicted octanol–water partition coefficient (Wildman–Crippen LogP) is 3.97. The second kappa shape index (κ2) is 19.0. The van der Waals surface area contributed by atoms with Crippen LogP contribution in [0.5, 0.6) is 0 Å². The molecule has 0 saturated heterocycles. The van der Waals surface area contributed by atoms with E-state index in [-0.39, 0.29) is 29.6 Å². The molecule has 0 spiro atoms. The standard InChI is InChI=1S/C18H36O3.Fe/c1-2-3-4-11-14-17(19)15-12-9-7-5-6-8-10-13-16-18(20)21;/h17,19H,2-16H2,1H3,(H,20,21);/q;+3/p-1. The van der Waals surface area contributed by atoms with E-state index in [0.717, 1.165) is 38.5 Å². The summed E-state index contributed by atoms with van der Waals surface area (Å²) in [6.07, 6.45) is 15.9. The van der Waals surface area contributed by atoms with Crippen LogP contribution in [-0.4, -0.2) is 17.2 Å². The fraction of sp³-hybridized carbons (Fsp3) is 0.944. The third-order valence-corrected chi connectivity index (χ3v) is 4.06. The van der Waals surface area contributed by atoms with Crippen molar-refractivity contribution in [2.75, 3.05) is 0 Å². The van der Waals surface area contributed by atoms with Gasteiger partial charge in [0.15, 0.2) is 0 Å². The summed E-state index contributed by atoms with van der Waals surface area (Å²) in [5.74, 6) is -0.928. The van der Waals surface area contributed by atoms with Gasteiger partial charge in [0.25, 0.3) is 0 Å². The van der Waals surface area contributed by atoms with Gasteiger partial charge in [-0.05, 0) is 25.7 Å². The van der Waals surface area contributed by atoms with Crippen LogP contribution in [0, 0.1) is 0 Å². The SMILES string of the molecule is CCCCCCC(O)CCCCCCCCCCC(=O)[O-].[Fe+3]. The van der Waals surface area contributed by atoms with Gasteiger partial charge >= 0.3 is 17.1 Å². The van der Waals surface area contributed by atoms with E-state index in [1.807, 2.05) is 0 Å². The number of carboxylic acids is 1. The first kappa shape index (κ1) is 24.2. The van der Waals surface area contributed by atoms with Gasteiger partial charge in [0.1, 0.15) is 0 Å². The minimum atomic E-state index is -0.928. The molecule has 22 heavy (non-hydrogen) atoms. The van der Waals surface area contributed by atoms with Crippen molar-refractivity contribution in [1.29, 1.82) is 0 Å². The predicted molar refractivity (Wildman–Crippen MR) is 85.9 cm³/mol. The molecule has 0 bridgehead atoms. The van der Waals surface area contributed by atoms with E-state index in [0.29, 0.717) is 0 Å². The Kier molecular flexibility index (Phi) is 20.9. The number of unbranched alkanes of at least 4 members (excludes halogenated alkanes) is 10. The van der Waals surface area contributed by atoms with E-state index in [2.05, 4.69) is 6.92 Å². The Morgan fingerprint density at radius 1 is 0.818 bits per heavy atom. The molecule has 3 nitrogen and oxygen atoms in total. The summed E-state index contributed by atoms with van der Waals surface area (Å²) in [5.41, 5.74) is 0. The summed E-state index contributed by atoms with van der Waals surface area (Å²) < 4.78 is 0. The first-order chi connectivity index (χ1) is 10.2. The van der Waals surface area contributed by atoms with Crippen molar-refractivity contribution in [3.63, 3.8) is 0 Å². The molecule has 1 radical (unpaired) electrons. The smallest absolute Gasteiger partial charge is 0.550 e. The van der Waals surface area contributed by atoms with Crippen molar-refractivity contribution in [2.24, 2.45) is 0 Å². The summed E-state index contributed by atoms with van der Waals surface area (Å²) in [6, 6.07) is 0. The number of aliphatic carboxylic acids is 1. The molecule has 0 saturated carbocycles. The maximum atomic E-state index is 10.2. The molecule has 0 aliphatic rings. The molecule has 0 aliphatic carbocycles. The molecule has 0 aromatic carbocycles. The van der Waals surface area contributed by atoms with Crippen LogP contribution in [0.3, 0.4) is 0 Å². The Morgan fingerprint density at radius 3 is 1.68 bits per heavy atom. The number of hydrogen-bond donors (Lipinski definition) is 1. The van der Waals surface area contributed by atoms with Crippen LogP contribution in [-0.2, 0) is 21.9 Å². The van der Waals surface area contributed by atoms with Gasteiger partial charge in [-0.25, -0.2) is 0 Å². The molecule has 0 heterocycles. The zero-order valence-corrected chi connectivity index (χ0v) is 15.4. The van der Waals surface area contributed by atoms with Crippen LogP contribution in [0.15, 0.2) is 0 Å². The monoisotopic (exact) mass is 355 g/mol. The van der Waals surface area contributed by atoms with E-state index in [1.54, 1.807) is 0 Å². The third-order valence-electron chi connectivity index (χ3n) is 4.06. The largest absolute Gasteiger partial charge is 3.00 e. The normalized spacial score (nSPS) is 11.9. The molecule has 0 aromatic rings. The summed E-state index contributed by atoms with van der Waals surface area (Å²) in [5, 5.41) is 20.1. The van der Waals surface area contributed by atoms with Crippen molar-refractivity contribution in [3.05, 3.63) is 0 Å². The second-order valence-corrected chi connectivity index (χ2v) is 6.24. The van der Waals surface area contributed by atoms with Crippen molar-refractivity contribution in [3.8, 4) is 0 Å². The number of rotatable bonds is 16. The summed E-state index contributed by atoms with van der Waals surface area (Å²) >= 11 is 0. The third kappa shape index (κ3) is 19.9. The van der Waals surface area contributed by atoms with Crippen LogP contribution in [0.1, 0.15) is 103 Å². The number of carbonyl (C=O) groups excluding carboxylic acids is 1. The average Bonchev–Trinajstić information content (AvgIpc) is 2.45. The molecule has 1 N–H and O–H groups in total. The Bertz CT molecular complexity index is 234. The quantitative estimate of drug-likeness (QED) is 0.337. The number of aliphatic hydroxyl groups excluding tert-OH is 1. The van der Waals surface area contributed by atoms with Gasteiger partial charge in [0, 0.05) is 5.97 Å². The molecule has 0 aliphatic heterocycles. The van der Waals surface area contributed by atoms with Crippen LogP contribution in [0.25, 0.3) is 0 Å². The second-order valence-electron chi connectivity index (χ2n) is 6.24. The fourth-order valence-corrected chi connectivity index (χ4v) is 2.66. The van der Waals surface area contributed by atoms with E-state index >= 15 is 0 Å². The van der Waals surface area contributed by atoms with Gasteiger partial charge < -0.3 is 15.0 Å². The zero-order chi connectivity index (χ0) is 15.8. The molecule has 0 fully saturated rings.